The second-order valence-electron chi connectivity index (χ2n) is 5.56. The van der Waals surface area contributed by atoms with Crippen LogP contribution in [0.2, 0.25) is 0 Å². The van der Waals surface area contributed by atoms with Gasteiger partial charge in [0.1, 0.15) is 0 Å². The summed E-state index contributed by atoms with van der Waals surface area (Å²) in [6.07, 6.45) is 4.64. The second-order valence-corrected chi connectivity index (χ2v) is 5.56. The van der Waals surface area contributed by atoms with Crippen molar-refractivity contribution in [3.05, 3.63) is 0 Å². The fourth-order valence-electron chi connectivity index (χ4n) is 3.01. The Morgan fingerprint density at radius 2 is 2.06 bits per heavy atom. The largest absolute Gasteiger partial charge is 0.338 e. The molecule has 0 aromatic rings. The molecule has 0 aromatic heterocycles. The molecule has 0 spiro atoms. The maximum absolute atomic E-state index is 11.9. The third-order valence-corrected chi connectivity index (χ3v) is 4.08. The van der Waals surface area contributed by atoms with Gasteiger partial charge in [0.25, 0.3) is 0 Å². The maximum atomic E-state index is 11.9. The highest BCUT2D eigenvalue weighted by Gasteiger charge is 2.32. The molecule has 0 radical (unpaired) electrons. The topological polar surface area (TPSA) is 49.6 Å². The summed E-state index contributed by atoms with van der Waals surface area (Å²) in [4.78, 5) is 16.4. The Balaban J connectivity index is 1.82. The molecular formula is C13H25N3O. The fraction of sp³-hybridized carbons (Fsp3) is 0.923. The van der Waals surface area contributed by atoms with Gasteiger partial charge in [0.2, 0.25) is 5.91 Å². The van der Waals surface area contributed by atoms with Gasteiger partial charge in [-0.2, -0.15) is 0 Å². The molecule has 2 N–H and O–H groups in total. The highest BCUT2D eigenvalue weighted by molar-refractivity contribution is 5.79. The average Bonchev–Trinajstić information content (AvgIpc) is 2.72. The number of likely N-dealkylation sites (tertiary alicyclic amines) is 2. The standard InChI is InChI=1S/C13H25N3O/c1-11(9-15-5-3-2-4-6-15)16-10-12(8-14)7-13(16)17/h11-12H,2-10,14H2,1H3. The molecule has 2 aliphatic rings. The van der Waals surface area contributed by atoms with Crippen molar-refractivity contribution in [2.75, 3.05) is 32.7 Å². The number of carbonyl (C=O) groups excluding carboxylic acids is 1. The zero-order valence-corrected chi connectivity index (χ0v) is 10.9. The van der Waals surface area contributed by atoms with Crippen LogP contribution < -0.4 is 5.73 Å². The van der Waals surface area contributed by atoms with Crippen LogP contribution in [-0.4, -0.2) is 54.5 Å². The molecule has 2 heterocycles. The number of carbonyl (C=O) groups is 1. The van der Waals surface area contributed by atoms with Crippen LogP contribution in [-0.2, 0) is 4.79 Å². The summed E-state index contributed by atoms with van der Waals surface area (Å²) in [6.45, 7) is 7.11. The number of hydrogen-bond acceptors (Lipinski definition) is 3. The van der Waals surface area contributed by atoms with E-state index in [9.17, 15) is 4.79 Å². The Morgan fingerprint density at radius 3 is 2.65 bits per heavy atom. The summed E-state index contributed by atoms with van der Waals surface area (Å²) in [5, 5.41) is 0. The number of nitrogens with zero attached hydrogens (tertiary/aromatic N) is 2. The van der Waals surface area contributed by atoms with Crippen molar-refractivity contribution >= 4 is 5.91 Å². The van der Waals surface area contributed by atoms with Crippen LogP contribution in [0.3, 0.4) is 0 Å². The number of rotatable bonds is 4. The van der Waals surface area contributed by atoms with Gasteiger partial charge >= 0.3 is 0 Å². The van der Waals surface area contributed by atoms with E-state index in [4.69, 9.17) is 5.73 Å². The summed E-state index contributed by atoms with van der Waals surface area (Å²) in [6, 6.07) is 0.345. The quantitative estimate of drug-likeness (QED) is 0.784. The van der Waals surface area contributed by atoms with Gasteiger partial charge in [-0.1, -0.05) is 6.42 Å². The number of nitrogens with two attached hydrogens (primary N) is 1. The van der Waals surface area contributed by atoms with Crippen molar-refractivity contribution in [1.82, 2.24) is 9.80 Å². The number of hydrogen-bond donors (Lipinski definition) is 1. The number of piperidine rings is 1. The summed E-state index contributed by atoms with van der Waals surface area (Å²) in [5.41, 5.74) is 5.65. The molecule has 4 nitrogen and oxygen atoms in total. The van der Waals surface area contributed by atoms with E-state index >= 15 is 0 Å². The lowest BCUT2D eigenvalue weighted by Crippen LogP contribution is -2.44. The fourth-order valence-corrected chi connectivity index (χ4v) is 3.01. The van der Waals surface area contributed by atoms with Gasteiger partial charge in [-0.15, -0.1) is 0 Å². The third kappa shape index (κ3) is 3.19. The molecule has 2 atom stereocenters. The van der Waals surface area contributed by atoms with Gasteiger partial charge in [-0.05, 0) is 45.3 Å². The molecule has 0 aromatic carbocycles. The van der Waals surface area contributed by atoms with Crippen molar-refractivity contribution in [3.63, 3.8) is 0 Å². The highest BCUT2D eigenvalue weighted by Crippen LogP contribution is 2.20. The Bertz CT molecular complexity index is 263. The Labute approximate surface area is 104 Å². The Hall–Kier alpha value is -0.610. The second kappa shape index (κ2) is 5.83. The first-order valence-electron chi connectivity index (χ1n) is 6.92. The van der Waals surface area contributed by atoms with Gasteiger partial charge in [-0.3, -0.25) is 4.79 Å². The van der Waals surface area contributed by atoms with Gasteiger partial charge in [0.05, 0.1) is 0 Å². The van der Waals surface area contributed by atoms with Crippen LogP contribution in [0.15, 0.2) is 0 Å². The molecular weight excluding hydrogens is 214 g/mol. The van der Waals surface area contributed by atoms with E-state index in [1.807, 2.05) is 4.90 Å². The highest BCUT2D eigenvalue weighted by atomic mass is 16.2. The lowest BCUT2D eigenvalue weighted by molar-refractivity contribution is -0.129. The van der Waals surface area contributed by atoms with Crippen LogP contribution in [0.25, 0.3) is 0 Å². The average molecular weight is 239 g/mol. The molecule has 4 heteroatoms. The van der Waals surface area contributed by atoms with Crippen LogP contribution in [0.5, 0.6) is 0 Å². The minimum absolute atomic E-state index is 0.296. The van der Waals surface area contributed by atoms with Crippen molar-refractivity contribution in [3.8, 4) is 0 Å². The predicted octanol–water partition coefficient (Wildman–Crippen LogP) is 0.668. The molecule has 2 aliphatic heterocycles. The third-order valence-electron chi connectivity index (χ3n) is 4.08. The summed E-state index contributed by atoms with van der Waals surface area (Å²) >= 11 is 0. The molecule has 2 fully saturated rings. The monoisotopic (exact) mass is 239 g/mol. The lowest BCUT2D eigenvalue weighted by atomic mass is 10.1. The number of amides is 1. The van der Waals surface area contributed by atoms with Gasteiger partial charge < -0.3 is 15.5 Å². The van der Waals surface area contributed by atoms with E-state index in [1.54, 1.807) is 0 Å². The summed E-state index contributed by atoms with van der Waals surface area (Å²) in [5.74, 6) is 0.677. The molecule has 98 valence electrons. The van der Waals surface area contributed by atoms with Crippen molar-refractivity contribution in [2.45, 2.75) is 38.6 Å². The minimum atomic E-state index is 0.296. The van der Waals surface area contributed by atoms with Crippen molar-refractivity contribution in [1.29, 1.82) is 0 Å². The smallest absolute Gasteiger partial charge is 0.223 e. The van der Waals surface area contributed by atoms with E-state index in [1.165, 1.54) is 32.4 Å². The summed E-state index contributed by atoms with van der Waals surface area (Å²) in [7, 11) is 0. The minimum Gasteiger partial charge on any atom is -0.338 e. The molecule has 0 bridgehead atoms. The first-order chi connectivity index (χ1) is 8.20. The zero-order chi connectivity index (χ0) is 12.3. The molecule has 2 unspecified atom stereocenters. The van der Waals surface area contributed by atoms with Crippen LogP contribution in [0.1, 0.15) is 32.6 Å². The lowest BCUT2D eigenvalue weighted by Gasteiger charge is -2.33. The maximum Gasteiger partial charge on any atom is 0.223 e. The molecule has 2 rings (SSSR count). The van der Waals surface area contributed by atoms with Crippen LogP contribution >= 0.6 is 0 Å². The molecule has 0 aliphatic carbocycles. The van der Waals surface area contributed by atoms with Crippen molar-refractivity contribution in [2.24, 2.45) is 11.7 Å². The van der Waals surface area contributed by atoms with Crippen LogP contribution in [0.4, 0.5) is 0 Å². The molecule has 1 amide bonds. The first-order valence-corrected chi connectivity index (χ1v) is 6.92. The zero-order valence-electron chi connectivity index (χ0n) is 10.9. The first kappa shape index (κ1) is 12.8. The van der Waals surface area contributed by atoms with E-state index in [2.05, 4.69) is 11.8 Å². The SMILES string of the molecule is CC(CN1CCCCC1)N1CC(CN)CC1=O. The predicted molar refractivity (Wildman–Crippen MR) is 68.6 cm³/mol. The van der Waals surface area contributed by atoms with Crippen LogP contribution in [0, 0.1) is 5.92 Å². The van der Waals surface area contributed by atoms with Gasteiger partial charge in [0.15, 0.2) is 0 Å². The molecule has 2 saturated heterocycles. The van der Waals surface area contributed by atoms with E-state index in [-0.39, 0.29) is 0 Å². The van der Waals surface area contributed by atoms with Gasteiger partial charge in [-0.25, -0.2) is 0 Å². The summed E-state index contributed by atoms with van der Waals surface area (Å²) < 4.78 is 0. The van der Waals surface area contributed by atoms with E-state index < -0.39 is 0 Å². The van der Waals surface area contributed by atoms with Crippen molar-refractivity contribution < 1.29 is 4.79 Å². The Kier molecular flexibility index (Phi) is 4.40. The normalized spacial score (nSPS) is 28.7. The molecule has 17 heavy (non-hydrogen) atoms. The Morgan fingerprint density at radius 1 is 1.35 bits per heavy atom. The van der Waals surface area contributed by atoms with E-state index in [0.29, 0.717) is 30.8 Å². The van der Waals surface area contributed by atoms with E-state index in [0.717, 1.165) is 13.1 Å². The van der Waals surface area contributed by atoms with Gasteiger partial charge in [0, 0.05) is 25.6 Å². The molecule has 0 saturated carbocycles.